The summed E-state index contributed by atoms with van der Waals surface area (Å²) in [4.78, 5) is 24.4. The molecule has 0 heterocycles. The maximum absolute atomic E-state index is 12.7. The van der Waals surface area contributed by atoms with Gasteiger partial charge in [-0.25, -0.2) is 9.59 Å². The summed E-state index contributed by atoms with van der Waals surface area (Å²) < 4.78 is 40.5. The zero-order valence-corrected chi connectivity index (χ0v) is 18.9. The molecule has 0 unspecified atom stereocenters. The quantitative estimate of drug-likeness (QED) is 0.392. The van der Waals surface area contributed by atoms with Crippen LogP contribution in [0.3, 0.4) is 0 Å². The van der Waals surface area contributed by atoms with Crippen molar-refractivity contribution >= 4 is 33.5 Å². The minimum Gasteiger partial charge on any atom is -0.497 e. The first-order chi connectivity index (χ1) is 15.7. The molecule has 0 spiro atoms. The van der Waals surface area contributed by atoms with Crippen LogP contribution in [-0.4, -0.2) is 34.6 Å². The summed E-state index contributed by atoms with van der Waals surface area (Å²) >= 11 is 0. The molecule has 0 aliphatic rings. The molecule has 3 aromatic rings. The lowest BCUT2D eigenvalue weighted by Crippen LogP contribution is -2.20. The number of ether oxygens (including phenoxy) is 2. The second-order valence-electron chi connectivity index (χ2n) is 6.86. The maximum atomic E-state index is 12.7. The highest BCUT2D eigenvalue weighted by molar-refractivity contribution is 7.87. The van der Waals surface area contributed by atoms with Crippen LogP contribution >= 0.6 is 0 Å². The highest BCUT2D eigenvalue weighted by Crippen LogP contribution is 2.28. The smallest absolute Gasteiger partial charge is 0.341 e. The van der Waals surface area contributed by atoms with E-state index in [1.54, 1.807) is 36.4 Å². The highest BCUT2D eigenvalue weighted by atomic mass is 32.2. The van der Waals surface area contributed by atoms with Gasteiger partial charge in [0.25, 0.3) is 0 Å². The maximum Gasteiger partial charge on any atom is 0.341 e. The van der Waals surface area contributed by atoms with E-state index < -0.39 is 22.1 Å². The molecule has 0 fully saturated rings. The van der Waals surface area contributed by atoms with Gasteiger partial charge < -0.3 is 24.3 Å². The highest BCUT2D eigenvalue weighted by Gasteiger charge is 2.22. The lowest BCUT2D eigenvalue weighted by Gasteiger charge is -2.13. The van der Waals surface area contributed by atoms with Crippen LogP contribution in [0.1, 0.15) is 15.9 Å². The second kappa shape index (κ2) is 10.0. The lowest BCUT2D eigenvalue weighted by atomic mass is 10.2. The van der Waals surface area contributed by atoms with Crippen molar-refractivity contribution in [2.24, 2.45) is 0 Å². The predicted molar refractivity (Wildman–Crippen MR) is 122 cm³/mol. The minimum absolute atomic E-state index is 0.0838. The van der Waals surface area contributed by atoms with E-state index in [1.807, 2.05) is 6.92 Å². The topological polar surface area (TPSA) is 120 Å². The Balaban J connectivity index is 1.83. The molecule has 33 heavy (non-hydrogen) atoms. The summed E-state index contributed by atoms with van der Waals surface area (Å²) in [7, 11) is -1.55. The zero-order valence-electron chi connectivity index (χ0n) is 18.1. The van der Waals surface area contributed by atoms with E-state index in [0.29, 0.717) is 11.4 Å². The van der Waals surface area contributed by atoms with Crippen molar-refractivity contribution in [3.8, 4) is 11.5 Å². The molecule has 0 aliphatic carbocycles. The molecular formula is C23H22N2O7S. The van der Waals surface area contributed by atoms with Gasteiger partial charge >= 0.3 is 22.1 Å². The van der Waals surface area contributed by atoms with E-state index in [2.05, 4.69) is 10.6 Å². The molecular weight excluding hydrogens is 448 g/mol. The van der Waals surface area contributed by atoms with Gasteiger partial charge in [-0.2, -0.15) is 8.42 Å². The van der Waals surface area contributed by atoms with Crippen molar-refractivity contribution in [3.05, 3.63) is 77.9 Å². The Kier molecular flexibility index (Phi) is 7.19. The first-order valence-electron chi connectivity index (χ1n) is 9.67. The summed E-state index contributed by atoms with van der Waals surface area (Å²) in [6.07, 6.45) is 0. The van der Waals surface area contributed by atoms with Gasteiger partial charge in [0, 0.05) is 17.4 Å². The summed E-state index contributed by atoms with van der Waals surface area (Å²) in [5.41, 5.74) is 1.47. The van der Waals surface area contributed by atoms with E-state index in [4.69, 9.17) is 13.7 Å². The van der Waals surface area contributed by atoms with Crippen molar-refractivity contribution in [1.29, 1.82) is 0 Å². The standard InChI is InChI=1S/C23H22N2O7S/c1-15-4-11-19(12-5-15)33(28,29)32-21-14-17(8-13-20(21)22(26)31-3)25-23(27)24-16-6-9-18(30-2)10-7-16/h4-14H,1-3H3,(H2,24,25,27). The zero-order chi connectivity index (χ0) is 24.0. The third-order valence-electron chi connectivity index (χ3n) is 4.50. The third kappa shape index (κ3) is 6.01. The molecule has 2 N–H and O–H groups in total. The van der Waals surface area contributed by atoms with Crippen molar-refractivity contribution in [2.75, 3.05) is 24.9 Å². The molecule has 172 valence electrons. The number of amides is 2. The number of hydrogen-bond donors (Lipinski definition) is 2. The Bertz CT molecular complexity index is 1250. The molecule has 0 bridgehead atoms. The number of anilines is 2. The van der Waals surface area contributed by atoms with Crippen LogP contribution in [0.5, 0.6) is 11.5 Å². The summed E-state index contributed by atoms with van der Waals surface area (Å²) in [5.74, 6) is -0.445. The molecule has 0 radical (unpaired) electrons. The number of carbonyl (C=O) groups excluding carboxylic acids is 2. The Morgan fingerprint density at radius 2 is 1.42 bits per heavy atom. The minimum atomic E-state index is -4.24. The summed E-state index contributed by atoms with van der Waals surface area (Å²) in [6.45, 7) is 1.82. The van der Waals surface area contributed by atoms with Crippen LogP contribution in [0, 0.1) is 6.92 Å². The Morgan fingerprint density at radius 1 is 0.818 bits per heavy atom. The third-order valence-corrected chi connectivity index (χ3v) is 5.75. The molecule has 10 heteroatoms. The molecule has 3 aromatic carbocycles. The van der Waals surface area contributed by atoms with Gasteiger partial charge in [-0.1, -0.05) is 17.7 Å². The van der Waals surface area contributed by atoms with E-state index in [0.717, 1.165) is 12.7 Å². The number of rotatable bonds is 7. The normalized spacial score (nSPS) is 10.8. The van der Waals surface area contributed by atoms with Gasteiger partial charge in [0.05, 0.1) is 14.2 Å². The van der Waals surface area contributed by atoms with Gasteiger partial charge in [0.15, 0.2) is 5.75 Å². The monoisotopic (exact) mass is 470 g/mol. The van der Waals surface area contributed by atoms with Gasteiger partial charge in [-0.15, -0.1) is 0 Å². The first kappa shape index (κ1) is 23.6. The molecule has 0 atom stereocenters. The summed E-state index contributed by atoms with van der Waals surface area (Å²) in [5, 5.41) is 5.20. The first-order valence-corrected chi connectivity index (χ1v) is 11.1. The van der Waals surface area contributed by atoms with Gasteiger partial charge in [0.2, 0.25) is 0 Å². The van der Waals surface area contributed by atoms with Crippen LogP contribution < -0.4 is 19.6 Å². The predicted octanol–water partition coefficient (Wildman–Crippen LogP) is 4.20. The van der Waals surface area contributed by atoms with Gasteiger partial charge in [-0.05, 0) is 55.5 Å². The number of benzene rings is 3. The number of aryl methyl sites for hydroxylation is 1. The summed E-state index contributed by atoms with van der Waals surface area (Å²) in [6, 6.07) is 16.1. The Labute approximate surface area is 191 Å². The molecule has 0 aliphatic heterocycles. The number of carbonyl (C=O) groups is 2. The van der Waals surface area contributed by atoms with Crippen LogP contribution in [0.15, 0.2) is 71.6 Å². The van der Waals surface area contributed by atoms with Crippen LogP contribution in [0.25, 0.3) is 0 Å². The molecule has 0 aromatic heterocycles. The van der Waals surface area contributed by atoms with Gasteiger partial charge in [-0.3, -0.25) is 0 Å². The molecule has 3 rings (SSSR count). The van der Waals surface area contributed by atoms with Crippen molar-refractivity contribution in [1.82, 2.24) is 0 Å². The molecule has 0 saturated heterocycles. The van der Waals surface area contributed by atoms with E-state index in [9.17, 15) is 18.0 Å². The second-order valence-corrected chi connectivity index (χ2v) is 8.41. The van der Waals surface area contributed by atoms with Crippen LogP contribution in [0.4, 0.5) is 16.2 Å². The number of urea groups is 1. The fraction of sp³-hybridized carbons (Fsp3) is 0.130. The van der Waals surface area contributed by atoms with E-state index in [1.165, 1.54) is 37.4 Å². The molecule has 2 amide bonds. The fourth-order valence-corrected chi connectivity index (χ4v) is 3.73. The Morgan fingerprint density at radius 3 is 2.03 bits per heavy atom. The van der Waals surface area contributed by atoms with Crippen LogP contribution in [0.2, 0.25) is 0 Å². The number of esters is 1. The average Bonchev–Trinajstić information content (AvgIpc) is 2.79. The SMILES string of the molecule is COC(=O)c1ccc(NC(=O)Nc2ccc(OC)cc2)cc1OS(=O)(=O)c1ccc(C)cc1. The molecule has 9 nitrogen and oxygen atoms in total. The largest absolute Gasteiger partial charge is 0.497 e. The van der Waals surface area contributed by atoms with Gasteiger partial charge in [0.1, 0.15) is 16.2 Å². The average molecular weight is 471 g/mol. The van der Waals surface area contributed by atoms with Crippen molar-refractivity contribution in [3.63, 3.8) is 0 Å². The number of hydrogen-bond acceptors (Lipinski definition) is 7. The fourth-order valence-electron chi connectivity index (χ4n) is 2.79. The molecule has 0 saturated carbocycles. The number of nitrogens with one attached hydrogen (secondary N) is 2. The Hall–Kier alpha value is -4.05. The number of methoxy groups -OCH3 is 2. The van der Waals surface area contributed by atoms with E-state index >= 15 is 0 Å². The lowest BCUT2D eigenvalue weighted by molar-refractivity contribution is 0.0599. The van der Waals surface area contributed by atoms with Crippen molar-refractivity contribution < 1.29 is 31.7 Å². The van der Waals surface area contributed by atoms with Crippen LogP contribution in [-0.2, 0) is 14.9 Å². The van der Waals surface area contributed by atoms with E-state index in [-0.39, 0.29) is 21.9 Å². The van der Waals surface area contributed by atoms with Crippen molar-refractivity contribution in [2.45, 2.75) is 11.8 Å².